The third kappa shape index (κ3) is 4.91. The average molecular weight is 200 g/mol. The molecule has 0 bridgehead atoms. The van der Waals surface area contributed by atoms with Crippen LogP contribution in [0, 0.1) is 6.92 Å². The van der Waals surface area contributed by atoms with Gasteiger partial charge in [-0.25, -0.2) is 0 Å². The molecule has 0 N–H and O–H groups in total. The van der Waals surface area contributed by atoms with Gasteiger partial charge in [-0.1, -0.05) is 19.1 Å². The molecule has 2 aromatic rings. The van der Waals surface area contributed by atoms with E-state index in [-0.39, 0.29) is 0 Å². The van der Waals surface area contributed by atoms with Gasteiger partial charge in [-0.05, 0) is 37.1 Å². The molecule has 2 nitrogen and oxygen atoms in total. The van der Waals surface area contributed by atoms with Crippen molar-refractivity contribution in [2.24, 2.45) is 0 Å². The van der Waals surface area contributed by atoms with E-state index in [0.717, 1.165) is 12.1 Å². The number of hydrogen-bond acceptors (Lipinski definition) is 2. The first-order valence-electron chi connectivity index (χ1n) is 5.09. The summed E-state index contributed by atoms with van der Waals surface area (Å²) >= 11 is 0. The zero-order valence-corrected chi connectivity index (χ0v) is 9.22. The first kappa shape index (κ1) is 11.4. The number of hydrogen-bond donors (Lipinski definition) is 0. The fourth-order valence-electron chi connectivity index (χ4n) is 1.02. The lowest BCUT2D eigenvalue weighted by atomic mass is 10.2. The molecule has 0 saturated carbocycles. The lowest BCUT2D eigenvalue weighted by Gasteiger charge is -1.93. The number of aryl methyl sites for hydroxylation is 2. The zero-order valence-electron chi connectivity index (χ0n) is 9.22. The molecular formula is C13H16N2. The van der Waals surface area contributed by atoms with Crippen molar-refractivity contribution < 1.29 is 0 Å². The Balaban J connectivity index is 0.000000162. The van der Waals surface area contributed by atoms with Gasteiger partial charge in [0.2, 0.25) is 0 Å². The van der Waals surface area contributed by atoms with Crippen LogP contribution in [0.25, 0.3) is 0 Å². The Hall–Kier alpha value is -1.70. The van der Waals surface area contributed by atoms with Gasteiger partial charge in [0, 0.05) is 24.3 Å². The topological polar surface area (TPSA) is 25.8 Å². The second-order valence-corrected chi connectivity index (χ2v) is 3.19. The van der Waals surface area contributed by atoms with E-state index in [0.29, 0.717) is 0 Å². The minimum Gasteiger partial charge on any atom is -0.265 e. The first-order valence-corrected chi connectivity index (χ1v) is 5.09. The summed E-state index contributed by atoms with van der Waals surface area (Å²) in [6, 6.07) is 9.87. The summed E-state index contributed by atoms with van der Waals surface area (Å²) in [6.07, 6.45) is 6.50. The quantitative estimate of drug-likeness (QED) is 0.707. The van der Waals surface area contributed by atoms with Gasteiger partial charge >= 0.3 is 0 Å². The van der Waals surface area contributed by atoms with Gasteiger partial charge in [0.25, 0.3) is 0 Å². The van der Waals surface area contributed by atoms with E-state index in [2.05, 4.69) is 23.0 Å². The van der Waals surface area contributed by atoms with Crippen molar-refractivity contribution in [1.29, 1.82) is 0 Å². The molecule has 0 aliphatic rings. The third-order valence-electron chi connectivity index (χ3n) is 1.95. The summed E-state index contributed by atoms with van der Waals surface area (Å²) < 4.78 is 0. The molecule has 0 atom stereocenters. The van der Waals surface area contributed by atoms with E-state index in [1.54, 1.807) is 12.4 Å². The molecule has 2 aromatic heterocycles. The third-order valence-corrected chi connectivity index (χ3v) is 1.95. The zero-order chi connectivity index (χ0) is 10.9. The van der Waals surface area contributed by atoms with Crippen LogP contribution in [0.4, 0.5) is 0 Å². The van der Waals surface area contributed by atoms with Crippen molar-refractivity contribution in [3.8, 4) is 0 Å². The lowest BCUT2D eigenvalue weighted by Crippen LogP contribution is -1.83. The number of aromatic nitrogens is 2. The molecule has 78 valence electrons. The second kappa shape index (κ2) is 6.71. The van der Waals surface area contributed by atoms with Crippen molar-refractivity contribution >= 4 is 0 Å². The van der Waals surface area contributed by atoms with Crippen LogP contribution in [-0.4, -0.2) is 9.97 Å². The summed E-state index contributed by atoms with van der Waals surface area (Å²) in [5.41, 5.74) is 2.40. The second-order valence-electron chi connectivity index (χ2n) is 3.19. The van der Waals surface area contributed by atoms with Crippen molar-refractivity contribution in [3.63, 3.8) is 0 Å². The highest BCUT2D eigenvalue weighted by atomic mass is 14.6. The normalized spacial score (nSPS) is 8.93. The van der Waals surface area contributed by atoms with Gasteiger partial charge in [-0.2, -0.15) is 0 Å². The van der Waals surface area contributed by atoms with Crippen LogP contribution in [0.1, 0.15) is 18.2 Å². The maximum Gasteiger partial charge on any atom is 0.0372 e. The number of pyridine rings is 2. The van der Waals surface area contributed by atoms with Gasteiger partial charge in [0.15, 0.2) is 0 Å². The van der Waals surface area contributed by atoms with Crippen molar-refractivity contribution in [2.75, 3.05) is 0 Å². The number of rotatable bonds is 1. The highest BCUT2D eigenvalue weighted by Crippen LogP contribution is 1.98. The number of nitrogens with zero attached hydrogens (tertiary/aromatic N) is 2. The molecule has 0 amide bonds. The maximum atomic E-state index is 4.15. The van der Waals surface area contributed by atoms with Crippen LogP contribution < -0.4 is 0 Å². The van der Waals surface area contributed by atoms with E-state index in [1.807, 2.05) is 37.4 Å². The van der Waals surface area contributed by atoms with Crippen LogP contribution in [0.3, 0.4) is 0 Å². The lowest BCUT2D eigenvalue weighted by molar-refractivity contribution is 1.08. The van der Waals surface area contributed by atoms with Gasteiger partial charge in [0.1, 0.15) is 0 Å². The molecule has 0 aliphatic heterocycles. The largest absolute Gasteiger partial charge is 0.265 e. The van der Waals surface area contributed by atoms with Crippen LogP contribution in [-0.2, 0) is 6.42 Å². The standard InChI is InChI=1S/C8H11N.C5H5N/c1-3-8-5-4-7(2)9-6-8;1-2-4-6-5-3-1/h4-6H,3H2,1-2H3;1-5H. The molecule has 0 saturated heterocycles. The average Bonchev–Trinajstić information content (AvgIpc) is 2.33. The summed E-state index contributed by atoms with van der Waals surface area (Å²) in [7, 11) is 0. The summed E-state index contributed by atoms with van der Waals surface area (Å²) in [6.45, 7) is 4.13. The monoisotopic (exact) mass is 200 g/mol. The van der Waals surface area contributed by atoms with Crippen LogP contribution in [0.15, 0.2) is 48.9 Å². The Bertz CT molecular complexity index is 327. The molecule has 0 radical (unpaired) electrons. The SMILES string of the molecule is CCc1ccc(C)nc1.c1ccncc1. The Kier molecular flexibility index (Phi) is 5.09. The van der Waals surface area contributed by atoms with Crippen LogP contribution in [0.2, 0.25) is 0 Å². The van der Waals surface area contributed by atoms with Crippen molar-refractivity contribution in [2.45, 2.75) is 20.3 Å². The Morgan fingerprint density at radius 1 is 1.07 bits per heavy atom. The van der Waals surface area contributed by atoms with Gasteiger partial charge in [-0.3, -0.25) is 9.97 Å². The van der Waals surface area contributed by atoms with E-state index in [9.17, 15) is 0 Å². The fourth-order valence-corrected chi connectivity index (χ4v) is 1.02. The van der Waals surface area contributed by atoms with Gasteiger partial charge in [0.05, 0.1) is 0 Å². The predicted octanol–water partition coefficient (Wildman–Crippen LogP) is 3.03. The Labute approximate surface area is 91.0 Å². The molecule has 0 spiro atoms. The Morgan fingerprint density at radius 2 is 1.80 bits per heavy atom. The van der Waals surface area contributed by atoms with Crippen LogP contribution >= 0.6 is 0 Å². The van der Waals surface area contributed by atoms with Crippen LogP contribution in [0.5, 0.6) is 0 Å². The molecule has 15 heavy (non-hydrogen) atoms. The van der Waals surface area contributed by atoms with E-state index >= 15 is 0 Å². The summed E-state index contributed by atoms with van der Waals surface area (Å²) in [5.74, 6) is 0. The summed E-state index contributed by atoms with van der Waals surface area (Å²) in [4.78, 5) is 7.93. The maximum absolute atomic E-state index is 4.15. The van der Waals surface area contributed by atoms with Gasteiger partial charge < -0.3 is 0 Å². The molecule has 2 heteroatoms. The summed E-state index contributed by atoms with van der Waals surface area (Å²) in [5, 5.41) is 0. The molecular weight excluding hydrogens is 184 g/mol. The van der Waals surface area contributed by atoms with E-state index < -0.39 is 0 Å². The minimum atomic E-state index is 1.08. The minimum absolute atomic E-state index is 1.08. The van der Waals surface area contributed by atoms with E-state index in [1.165, 1.54) is 5.56 Å². The fraction of sp³-hybridized carbons (Fsp3) is 0.231. The molecule has 0 aromatic carbocycles. The highest BCUT2D eigenvalue weighted by Gasteiger charge is 1.86. The first-order chi connectivity index (χ1) is 7.33. The Morgan fingerprint density at radius 3 is 2.13 bits per heavy atom. The molecule has 2 rings (SSSR count). The van der Waals surface area contributed by atoms with Gasteiger partial charge in [-0.15, -0.1) is 0 Å². The molecule has 0 unspecified atom stereocenters. The van der Waals surface area contributed by atoms with Crippen molar-refractivity contribution in [3.05, 3.63) is 60.2 Å². The predicted molar refractivity (Wildman–Crippen MR) is 62.6 cm³/mol. The van der Waals surface area contributed by atoms with E-state index in [4.69, 9.17) is 0 Å². The molecule has 2 heterocycles. The smallest absolute Gasteiger partial charge is 0.0372 e. The van der Waals surface area contributed by atoms with Crippen molar-refractivity contribution in [1.82, 2.24) is 9.97 Å². The highest BCUT2D eigenvalue weighted by molar-refractivity contribution is 5.12. The molecule has 0 fully saturated rings. The molecule has 0 aliphatic carbocycles.